The molecule has 1 aliphatic carbocycles. The zero-order valence-corrected chi connectivity index (χ0v) is 23.0. The number of nitrogens with one attached hydrogen (secondary N) is 1. The van der Waals surface area contributed by atoms with Crippen LogP contribution in [0.5, 0.6) is 0 Å². The van der Waals surface area contributed by atoms with Crippen LogP contribution < -0.4 is 5.56 Å². The van der Waals surface area contributed by atoms with Crippen molar-refractivity contribution in [2.45, 2.75) is 63.9 Å². The van der Waals surface area contributed by atoms with E-state index in [1.807, 2.05) is 42.6 Å². The molecule has 0 fully saturated rings. The van der Waals surface area contributed by atoms with E-state index in [9.17, 15) is 13.6 Å². The molecule has 1 atom stereocenters. The third-order valence-electron chi connectivity index (χ3n) is 6.51. The number of rotatable bonds is 9. The number of ether oxygens (including phenoxy) is 2. The van der Waals surface area contributed by atoms with Gasteiger partial charge < -0.3 is 14.5 Å². The smallest absolute Gasteiger partial charge is 0.266 e. The van der Waals surface area contributed by atoms with Crippen molar-refractivity contribution in [2.75, 3.05) is 6.61 Å². The second-order valence-corrected chi connectivity index (χ2v) is 17.5. The molecule has 4 aromatic rings. The number of hydrogen-bond donors (Lipinski definition) is 1. The van der Waals surface area contributed by atoms with Crippen LogP contribution in [0.2, 0.25) is 25.7 Å². The van der Waals surface area contributed by atoms with Gasteiger partial charge in [0, 0.05) is 49.5 Å². The van der Waals surface area contributed by atoms with Crippen molar-refractivity contribution in [3.8, 4) is 10.4 Å². The normalized spacial score (nSPS) is 17.3. The number of fused-ring (bicyclic) bond motifs is 3. The monoisotopic (exact) mass is 543 g/mol. The van der Waals surface area contributed by atoms with Crippen LogP contribution >= 0.6 is 11.3 Å². The lowest BCUT2D eigenvalue weighted by Crippen LogP contribution is -2.32. The Hall–Kier alpha value is -2.66. The second kappa shape index (κ2) is 10.2. The maximum absolute atomic E-state index is 14.8. The van der Waals surface area contributed by atoms with Gasteiger partial charge in [-0.1, -0.05) is 50.0 Å². The van der Waals surface area contributed by atoms with E-state index in [-0.39, 0.29) is 12.2 Å². The Bertz CT molecular complexity index is 1440. The summed E-state index contributed by atoms with van der Waals surface area (Å²) in [6, 6.07) is 12.3. The Kier molecular flexibility index (Phi) is 7.19. The van der Waals surface area contributed by atoms with Gasteiger partial charge in [0.25, 0.3) is 11.5 Å². The van der Waals surface area contributed by atoms with Crippen molar-refractivity contribution in [3.05, 3.63) is 76.0 Å². The van der Waals surface area contributed by atoms with E-state index >= 15 is 0 Å². The Morgan fingerprint density at radius 3 is 2.78 bits per heavy atom. The van der Waals surface area contributed by atoms with Crippen molar-refractivity contribution in [1.29, 1.82) is 0 Å². The summed E-state index contributed by atoms with van der Waals surface area (Å²) in [5.41, 5.74) is 2.33. The first-order valence-corrected chi connectivity index (χ1v) is 16.9. The molecule has 0 spiro atoms. The molecule has 196 valence electrons. The standard InChI is InChI=1S/C27H31F2N3O3SSi/c1-37(2,3)10-9-34-17-32-15-19(14-30-32)23-11-20-21-12-27(28,29)13-22(24(21)31-26(33)25(20)36-23)35-16-18-7-5-4-6-8-18/h4-8,11,14-15,22H,9-10,12-13,16-17H2,1-3H3,(H,31,33). The van der Waals surface area contributed by atoms with Crippen molar-refractivity contribution in [3.63, 3.8) is 0 Å². The molecule has 1 aromatic carbocycles. The largest absolute Gasteiger partial charge is 0.367 e. The minimum atomic E-state index is -2.93. The van der Waals surface area contributed by atoms with Gasteiger partial charge in [-0.2, -0.15) is 5.10 Å². The van der Waals surface area contributed by atoms with Crippen LogP contribution in [-0.2, 0) is 29.2 Å². The Balaban J connectivity index is 1.40. The van der Waals surface area contributed by atoms with Crippen LogP contribution in [0.1, 0.15) is 29.3 Å². The van der Waals surface area contributed by atoms with Gasteiger partial charge >= 0.3 is 0 Å². The molecule has 10 heteroatoms. The van der Waals surface area contributed by atoms with Crippen molar-refractivity contribution < 1.29 is 18.3 Å². The topological polar surface area (TPSA) is 69.1 Å². The Morgan fingerprint density at radius 2 is 2.03 bits per heavy atom. The summed E-state index contributed by atoms with van der Waals surface area (Å²) >= 11 is 1.29. The maximum atomic E-state index is 14.8. The molecule has 0 bridgehead atoms. The highest BCUT2D eigenvalue weighted by Gasteiger charge is 2.42. The quantitative estimate of drug-likeness (QED) is 0.191. The molecule has 37 heavy (non-hydrogen) atoms. The lowest BCUT2D eigenvalue weighted by Gasteiger charge is -2.31. The average Bonchev–Trinajstić information content (AvgIpc) is 3.49. The molecule has 1 aliphatic rings. The first-order valence-electron chi connectivity index (χ1n) is 12.4. The fourth-order valence-corrected chi connectivity index (χ4v) is 6.32. The van der Waals surface area contributed by atoms with Crippen LogP contribution in [0.3, 0.4) is 0 Å². The molecule has 0 amide bonds. The van der Waals surface area contributed by atoms with Crippen LogP contribution in [0, 0.1) is 0 Å². The number of hydrogen-bond acceptors (Lipinski definition) is 5. The fraction of sp³-hybridized carbons (Fsp3) is 0.407. The van der Waals surface area contributed by atoms with E-state index in [4.69, 9.17) is 9.47 Å². The van der Waals surface area contributed by atoms with E-state index in [1.54, 1.807) is 10.9 Å². The first kappa shape index (κ1) is 26.0. The summed E-state index contributed by atoms with van der Waals surface area (Å²) in [5, 5.41) is 4.94. The van der Waals surface area contributed by atoms with E-state index < -0.39 is 32.9 Å². The number of thiophene rings is 1. The minimum absolute atomic E-state index is 0.190. The number of benzene rings is 1. The zero-order valence-electron chi connectivity index (χ0n) is 21.2. The van der Waals surface area contributed by atoms with Gasteiger partial charge in [-0.3, -0.25) is 4.79 Å². The lowest BCUT2D eigenvalue weighted by molar-refractivity contribution is -0.0825. The summed E-state index contributed by atoms with van der Waals surface area (Å²) in [6.07, 6.45) is 1.79. The van der Waals surface area contributed by atoms with Gasteiger partial charge in [-0.15, -0.1) is 11.3 Å². The Labute approximate surface area is 219 Å². The van der Waals surface area contributed by atoms with Gasteiger partial charge in [0.05, 0.1) is 18.5 Å². The van der Waals surface area contributed by atoms with Crippen LogP contribution in [0.15, 0.2) is 53.6 Å². The van der Waals surface area contributed by atoms with Crippen molar-refractivity contribution in [2.24, 2.45) is 0 Å². The molecule has 5 rings (SSSR count). The number of alkyl halides is 2. The molecule has 1 unspecified atom stereocenters. The van der Waals surface area contributed by atoms with Gasteiger partial charge in [0.1, 0.15) is 17.5 Å². The SMILES string of the molecule is C[Si](C)(C)CCOCn1cc(-c2cc3c4c([nH]c(=O)c3s2)C(OCc2ccccc2)CC(F)(F)C4)cn1. The van der Waals surface area contributed by atoms with Crippen LogP contribution in [0.25, 0.3) is 20.5 Å². The van der Waals surface area contributed by atoms with Gasteiger partial charge in [0.15, 0.2) is 0 Å². The molecule has 0 saturated heterocycles. The number of halogens is 2. The van der Waals surface area contributed by atoms with Crippen molar-refractivity contribution in [1.82, 2.24) is 14.8 Å². The zero-order chi connectivity index (χ0) is 26.2. The fourth-order valence-electron chi connectivity index (χ4n) is 4.51. The summed E-state index contributed by atoms with van der Waals surface area (Å²) in [5.74, 6) is -2.93. The molecule has 6 nitrogen and oxygen atoms in total. The number of pyridine rings is 1. The second-order valence-electron chi connectivity index (χ2n) is 10.8. The molecule has 3 heterocycles. The highest BCUT2D eigenvalue weighted by atomic mass is 32.1. The molecule has 1 N–H and O–H groups in total. The van der Waals surface area contributed by atoms with Gasteiger partial charge in [-0.05, 0) is 23.2 Å². The number of aromatic nitrogens is 3. The molecular formula is C27H31F2N3O3SSi. The van der Waals surface area contributed by atoms with Crippen LogP contribution in [0.4, 0.5) is 8.78 Å². The average molecular weight is 544 g/mol. The lowest BCUT2D eigenvalue weighted by atomic mass is 9.88. The Morgan fingerprint density at radius 1 is 1.24 bits per heavy atom. The summed E-state index contributed by atoms with van der Waals surface area (Å²) in [7, 11) is -1.17. The summed E-state index contributed by atoms with van der Waals surface area (Å²) < 4.78 is 43.5. The number of nitrogens with zero attached hydrogens (tertiary/aromatic N) is 2. The first-order chi connectivity index (χ1) is 17.6. The molecule has 3 aromatic heterocycles. The van der Waals surface area contributed by atoms with Gasteiger partial charge in [0.2, 0.25) is 0 Å². The van der Waals surface area contributed by atoms with E-state index in [0.717, 1.165) is 22.0 Å². The summed E-state index contributed by atoms with van der Waals surface area (Å²) in [6.45, 7) is 8.14. The van der Waals surface area contributed by atoms with E-state index in [1.165, 1.54) is 11.3 Å². The predicted molar refractivity (Wildman–Crippen MR) is 145 cm³/mol. The highest BCUT2D eigenvalue weighted by molar-refractivity contribution is 7.22. The van der Waals surface area contributed by atoms with E-state index in [0.29, 0.717) is 34.7 Å². The third-order valence-corrected chi connectivity index (χ3v) is 9.40. The minimum Gasteiger partial charge on any atom is -0.367 e. The molecular weight excluding hydrogens is 512 g/mol. The van der Waals surface area contributed by atoms with Crippen LogP contribution in [-0.4, -0.2) is 35.4 Å². The number of aromatic amines is 1. The summed E-state index contributed by atoms with van der Waals surface area (Å²) in [4.78, 5) is 16.7. The van der Waals surface area contributed by atoms with Gasteiger partial charge in [-0.25, -0.2) is 13.5 Å². The molecule has 0 radical (unpaired) electrons. The third kappa shape index (κ3) is 6.09. The molecule has 0 aliphatic heterocycles. The predicted octanol–water partition coefficient (Wildman–Crippen LogP) is 6.60. The van der Waals surface area contributed by atoms with Crippen molar-refractivity contribution >= 4 is 29.5 Å². The number of H-pyrrole nitrogens is 1. The van der Waals surface area contributed by atoms with E-state index in [2.05, 4.69) is 29.7 Å². The maximum Gasteiger partial charge on any atom is 0.266 e. The molecule has 0 saturated carbocycles. The highest BCUT2D eigenvalue weighted by Crippen LogP contribution is 2.44.